The molecule has 0 spiro atoms. The van der Waals surface area contributed by atoms with Crippen molar-refractivity contribution >= 4 is 23.1 Å². The van der Waals surface area contributed by atoms with E-state index in [1.165, 1.54) is 4.90 Å². The first kappa shape index (κ1) is 22.5. The van der Waals surface area contributed by atoms with Crippen molar-refractivity contribution in [1.82, 2.24) is 15.0 Å². The fourth-order valence-corrected chi connectivity index (χ4v) is 3.39. The number of amides is 1. The molecule has 4 rings (SSSR count). The van der Waals surface area contributed by atoms with Gasteiger partial charge in [-0.2, -0.15) is 0 Å². The second-order valence-corrected chi connectivity index (χ2v) is 7.20. The summed E-state index contributed by atoms with van der Waals surface area (Å²) in [6, 6.07) is 20.0. The fraction of sp³-hybridized carbons (Fsp3) is 0.0417. The predicted octanol–water partition coefficient (Wildman–Crippen LogP) is 3.45. The number of H-pyrrole nitrogens is 1. The maximum atomic E-state index is 14.0. The van der Waals surface area contributed by atoms with Crippen molar-refractivity contribution < 1.29 is 18.8 Å². The largest absolute Gasteiger partial charge is 0.421 e. The summed E-state index contributed by atoms with van der Waals surface area (Å²) in [5, 5.41) is 12.3. The maximum absolute atomic E-state index is 14.0. The number of aromatic amines is 1. The van der Waals surface area contributed by atoms with Crippen LogP contribution < -0.4 is 21.5 Å². The summed E-state index contributed by atoms with van der Waals surface area (Å²) >= 11 is 0. The lowest BCUT2D eigenvalue weighted by Crippen LogP contribution is -2.42. The van der Waals surface area contributed by atoms with E-state index < -0.39 is 40.9 Å². The number of carbonyl (C=O) groups excluding carboxylic acids is 1. The van der Waals surface area contributed by atoms with E-state index in [0.717, 1.165) is 18.2 Å². The molecule has 1 heterocycles. The molecule has 1 amide bonds. The zero-order valence-electron chi connectivity index (χ0n) is 17.5. The number of nitrogens with zero attached hydrogens (tertiary/aromatic N) is 2. The molecule has 172 valence electrons. The number of anilines is 3. The molecule has 4 aromatic rings. The average Bonchev–Trinajstić information content (AvgIpc) is 2.84. The van der Waals surface area contributed by atoms with Crippen LogP contribution in [-0.4, -0.2) is 20.8 Å². The number of hydrogen-bond donors (Lipinski definition) is 3. The standard InChI is InChI=1S/C24H18F2N4O4/c25-16-11-12-19(26)15(13-16)14-27-22(31)20-21(28-24(33)30(34)23(20)32)29(17-7-3-1-4-8-17)18-9-5-2-6-10-18/h1-13,34H,14H2,(H,27,31)(H,28,33). The Morgan fingerprint density at radius 2 is 1.53 bits per heavy atom. The van der Waals surface area contributed by atoms with Crippen molar-refractivity contribution in [2.24, 2.45) is 0 Å². The Bertz CT molecular complexity index is 1410. The Labute approximate surface area is 191 Å². The molecule has 0 aliphatic carbocycles. The van der Waals surface area contributed by atoms with Gasteiger partial charge < -0.3 is 10.5 Å². The van der Waals surface area contributed by atoms with Crippen LogP contribution in [0.4, 0.5) is 26.0 Å². The highest BCUT2D eigenvalue weighted by atomic mass is 19.1. The number of aromatic nitrogens is 2. The molecule has 0 aliphatic rings. The van der Waals surface area contributed by atoms with Gasteiger partial charge in [-0.25, -0.2) is 13.6 Å². The highest BCUT2D eigenvalue weighted by molar-refractivity contribution is 6.00. The lowest BCUT2D eigenvalue weighted by molar-refractivity contribution is 0.0939. The summed E-state index contributed by atoms with van der Waals surface area (Å²) in [5.41, 5.74) is -2.19. The van der Waals surface area contributed by atoms with Gasteiger partial charge in [-0.15, -0.1) is 0 Å². The maximum Gasteiger partial charge on any atom is 0.363 e. The van der Waals surface area contributed by atoms with E-state index in [1.807, 2.05) is 0 Å². The third-order valence-corrected chi connectivity index (χ3v) is 4.99. The van der Waals surface area contributed by atoms with Crippen molar-refractivity contribution in [2.75, 3.05) is 4.90 Å². The summed E-state index contributed by atoms with van der Waals surface area (Å²) in [6.45, 7) is -0.442. The van der Waals surface area contributed by atoms with E-state index in [2.05, 4.69) is 10.3 Å². The van der Waals surface area contributed by atoms with Crippen molar-refractivity contribution in [3.8, 4) is 0 Å². The van der Waals surface area contributed by atoms with Crippen LogP contribution in [0.3, 0.4) is 0 Å². The number of benzene rings is 3. The normalized spacial score (nSPS) is 10.6. The van der Waals surface area contributed by atoms with Crippen LogP contribution in [-0.2, 0) is 6.54 Å². The lowest BCUT2D eigenvalue weighted by atomic mass is 10.1. The number of hydrogen-bond acceptors (Lipinski definition) is 5. The predicted molar refractivity (Wildman–Crippen MR) is 121 cm³/mol. The summed E-state index contributed by atoms with van der Waals surface area (Å²) in [6.07, 6.45) is 0. The van der Waals surface area contributed by atoms with Gasteiger partial charge in [0.25, 0.3) is 5.91 Å². The Morgan fingerprint density at radius 3 is 2.12 bits per heavy atom. The van der Waals surface area contributed by atoms with E-state index in [1.54, 1.807) is 60.7 Å². The molecule has 0 aliphatic heterocycles. The molecule has 0 bridgehead atoms. The Kier molecular flexibility index (Phi) is 6.22. The highest BCUT2D eigenvalue weighted by Gasteiger charge is 2.26. The van der Waals surface area contributed by atoms with E-state index in [-0.39, 0.29) is 16.1 Å². The van der Waals surface area contributed by atoms with Crippen LogP contribution in [0.1, 0.15) is 15.9 Å². The Hall–Kier alpha value is -4.73. The molecule has 10 heteroatoms. The quantitative estimate of drug-likeness (QED) is 0.379. The average molecular weight is 464 g/mol. The first-order valence-electron chi connectivity index (χ1n) is 10.1. The van der Waals surface area contributed by atoms with Crippen LogP contribution in [0.5, 0.6) is 0 Å². The second-order valence-electron chi connectivity index (χ2n) is 7.20. The van der Waals surface area contributed by atoms with E-state index in [9.17, 15) is 28.4 Å². The molecule has 0 unspecified atom stereocenters. The van der Waals surface area contributed by atoms with Gasteiger partial charge in [-0.3, -0.25) is 19.5 Å². The molecular weight excluding hydrogens is 446 g/mol. The minimum absolute atomic E-state index is 0.147. The van der Waals surface area contributed by atoms with Crippen molar-refractivity contribution in [2.45, 2.75) is 6.54 Å². The fourth-order valence-electron chi connectivity index (χ4n) is 3.39. The van der Waals surface area contributed by atoms with E-state index in [4.69, 9.17) is 0 Å². The zero-order valence-corrected chi connectivity index (χ0v) is 17.5. The molecule has 1 aromatic heterocycles. The summed E-state index contributed by atoms with van der Waals surface area (Å²) in [4.78, 5) is 42.0. The van der Waals surface area contributed by atoms with Crippen LogP contribution in [0.2, 0.25) is 0 Å². The molecule has 0 atom stereocenters. The van der Waals surface area contributed by atoms with E-state index >= 15 is 0 Å². The van der Waals surface area contributed by atoms with E-state index in [0.29, 0.717) is 11.4 Å². The molecule has 34 heavy (non-hydrogen) atoms. The monoisotopic (exact) mass is 464 g/mol. The zero-order chi connectivity index (χ0) is 24.2. The van der Waals surface area contributed by atoms with Gasteiger partial charge >= 0.3 is 11.2 Å². The summed E-state index contributed by atoms with van der Waals surface area (Å²) in [5.74, 6) is -2.68. The van der Waals surface area contributed by atoms with Gasteiger partial charge in [-0.05, 0) is 42.5 Å². The first-order valence-corrected chi connectivity index (χ1v) is 10.1. The number of para-hydroxylation sites is 2. The number of carbonyl (C=O) groups is 1. The van der Waals surface area contributed by atoms with Crippen LogP contribution >= 0.6 is 0 Å². The topological polar surface area (TPSA) is 107 Å². The smallest absolute Gasteiger partial charge is 0.363 e. The number of halogens is 2. The van der Waals surface area contributed by atoms with Crippen LogP contribution in [0, 0.1) is 11.6 Å². The van der Waals surface area contributed by atoms with Crippen molar-refractivity contribution in [3.05, 3.63) is 122 Å². The van der Waals surface area contributed by atoms with Crippen LogP contribution in [0.25, 0.3) is 0 Å². The third kappa shape index (κ3) is 4.42. The molecule has 0 saturated carbocycles. The van der Waals surface area contributed by atoms with Gasteiger partial charge in [0.05, 0.1) is 0 Å². The minimum atomic E-state index is -1.28. The van der Waals surface area contributed by atoms with Crippen LogP contribution in [0.15, 0.2) is 88.5 Å². The number of nitrogens with one attached hydrogen (secondary N) is 2. The molecule has 0 saturated heterocycles. The first-order chi connectivity index (χ1) is 16.4. The highest BCUT2D eigenvalue weighted by Crippen LogP contribution is 2.33. The number of rotatable bonds is 6. The van der Waals surface area contributed by atoms with Gasteiger partial charge in [-0.1, -0.05) is 41.1 Å². The molecule has 8 nitrogen and oxygen atoms in total. The van der Waals surface area contributed by atoms with Gasteiger partial charge in [0.1, 0.15) is 23.0 Å². The van der Waals surface area contributed by atoms with Gasteiger partial charge in [0.15, 0.2) is 0 Å². The van der Waals surface area contributed by atoms with Crippen molar-refractivity contribution in [3.63, 3.8) is 0 Å². The Balaban J connectivity index is 1.84. The summed E-state index contributed by atoms with van der Waals surface area (Å²) in [7, 11) is 0. The lowest BCUT2D eigenvalue weighted by Gasteiger charge is -2.26. The molecule has 0 radical (unpaired) electrons. The molecule has 3 N–H and O–H groups in total. The van der Waals surface area contributed by atoms with Gasteiger partial charge in [0, 0.05) is 23.5 Å². The Morgan fingerprint density at radius 1 is 0.941 bits per heavy atom. The third-order valence-electron chi connectivity index (χ3n) is 4.99. The molecular formula is C24H18F2N4O4. The van der Waals surface area contributed by atoms with Crippen molar-refractivity contribution in [1.29, 1.82) is 0 Å². The second kappa shape index (κ2) is 9.41. The SMILES string of the molecule is O=C(NCc1cc(F)ccc1F)c1c(N(c2ccccc2)c2ccccc2)[nH]c(=O)n(O)c1=O. The summed E-state index contributed by atoms with van der Waals surface area (Å²) < 4.78 is 27.3. The van der Waals surface area contributed by atoms with Gasteiger partial charge in [0.2, 0.25) is 0 Å². The molecule has 0 fully saturated rings. The molecule has 3 aromatic carbocycles. The minimum Gasteiger partial charge on any atom is -0.421 e.